The van der Waals surface area contributed by atoms with Crippen LogP contribution < -0.4 is 10.9 Å². The SMILES string of the molecule is Cc1ccc(C(=O)NC(CC(=O)O)C2CC2)c(=O)[nH]1. The molecule has 1 unspecified atom stereocenters. The summed E-state index contributed by atoms with van der Waals surface area (Å²) in [5, 5.41) is 11.5. The van der Waals surface area contributed by atoms with Gasteiger partial charge in [-0.2, -0.15) is 0 Å². The van der Waals surface area contributed by atoms with Gasteiger partial charge in [-0.3, -0.25) is 14.4 Å². The van der Waals surface area contributed by atoms with Crippen LogP contribution in [0.5, 0.6) is 0 Å². The van der Waals surface area contributed by atoms with Crippen molar-refractivity contribution in [3.05, 3.63) is 33.7 Å². The molecule has 102 valence electrons. The molecule has 2 rings (SSSR count). The number of carbonyl (C=O) groups is 2. The average molecular weight is 264 g/mol. The van der Waals surface area contributed by atoms with Gasteiger partial charge in [0.1, 0.15) is 5.56 Å². The lowest BCUT2D eigenvalue weighted by molar-refractivity contribution is -0.137. The van der Waals surface area contributed by atoms with Crippen LogP contribution in [0.25, 0.3) is 0 Å². The summed E-state index contributed by atoms with van der Waals surface area (Å²) in [6, 6.07) is 2.69. The van der Waals surface area contributed by atoms with E-state index < -0.39 is 23.5 Å². The molecule has 3 N–H and O–H groups in total. The Hall–Kier alpha value is -2.11. The molecular weight excluding hydrogens is 248 g/mol. The number of aryl methyl sites for hydroxylation is 1. The molecule has 0 bridgehead atoms. The summed E-state index contributed by atoms with van der Waals surface area (Å²) in [5.41, 5.74) is 0.231. The van der Waals surface area contributed by atoms with E-state index >= 15 is 0 Å². The Morgan fingerprint density at radius 3 is 2.68 bits per heavy atom. The van der Waals surface area contributed by atoms with Gasteiger partial charge in [-0.15, -0.1) is 0 Å². The van der Waals surface area contributed by atoms with Gasteiger partial charge in [-0.1, -0.05) is 0 Å². The molecule has 6 heteroatoms. The van der Waals surface area contributed by atoms with E-state index in [0.717, 1.165) is 12.8 Å². The predicted molar refractivity (Wildman–Crippen MR) is 68.0 cm³/mol. The number of aromatic amines is 1. The second-order valence-electron chi connectivity index (χ2n) is 4.90. The van der Waals surface area contributed by atoms with Crippen molar-refractivity contribution in [2.75, 3.05) is 0 Å². The van der Waals surface area contributed by atoms with Crippen molar-refractivity contribution in [2.45, 2.75) is 32.2 Å². The van der Waals surface area contributed by atoms with Gasteiger partial charge in [0.05, 0.1) is 6.42 Å². The first-order chi connectivity index (χ1) is 8.97. The second kappa shape index (κ2) is 5.26. The summed E-state index contributed by atoms with van der Waals surface area (Å²) >= 11 is 0. The zero-order valence-corrected chi connectivity index (χ0v) is 10.6. The number of pyridine rings is 1. The lowest BCUT2D eigenvalue weighted by Gasteiger charge is -2.15. The molecule has 0 spiro atoms. The minimum Gasteiger partial charge on any atom is -0.481 e. The van der Waals surface area contributed by atoms with Crippen LogP contribution in [-0.4, -0.2) is 28.0 Å². The number of carboxylic acids is 1. The van der Waals surface area contributed by atoms with E-state index in [1.54, 1.807) is 13.0 Å². The number of aliphatic carboxylic acids is 1. The van der Waals surface area contributed by atoms with Crippen LogP contribution in [0, 0.1) is 12.8 Å². The maximum absolute atomic E-state index is 12.0. The van der Waals surface area contributed by atoms with E-state index in [1.807, 2.05) is 0 Å². The van der Waals surface area contributed by atoms with Gasteiger partial charge in [0.15, 0.2) is 0 Å². The first-order valence-electron chi connectivity index (χ1n) is 6.20. The Bertz CT molecular complexity index is 560. The third-order valence-electron chi connectivity index (χ3n) is 3.20. The summed E-state index contributed by atoms with van der Waals surface area (Å²) in [4.78, 5) is 36.9. The maximum atomic E-state index is 12.0. The summed E-state index contributed by atoms with van der Waals surface area (Å²) in [7, 11) is 0. The van der Waals surface area contributed by atoms with Gasteiger partial charge in [-0.25, -0.2) is 0 Å². The van der Waals surface area contributed by atoms with Crippen molar-refractivity contribution < 1.29 is 14.7 Å². The summed E-state index contributed by atoms with van der Waals surface area (Å²) in [6.45, 7) is 1.72. The Morgan fingerprint density at radius 2 is 2.16 bits per heavy atom. The molecule has 1 aromatic rings. The number of nitrogens with one attached hydrogen (secondary N) is 2. The van der Waals surface area contributed by atoms with Crippen LogP contribution in [0.2, 0.25) is 0 Å². The molecule has 1 aliphatic rings. The van der Waals surface area contributed by atoms with Crippen molar-refractivity contribution in [1.82, 2.24) is 10.3 Å². The Balaban J connectivity index is 2.10. The fourth-order valence-corrected chi connectivity index (χ4v) is 2.02. The van der Waals surface area contributed by atoms with E-state index in [4.69, 9.17) is 5.11 Å². The van der Waals surface area contributed by atoms with Crippen LogP contribution in [0.1, 0.15) is 35.3 Å². The van der Waals surface area contributed by atoms with Gasteiger partial charge >= 0.3 is 5.97 Å². The summed E-state index contributed by atoms with van der Waals surface area (Å²) < 4.78 is 0. The van der Waals surface area contributed by atoms with Crippen LogP contribution in [0.15, 0.2) is 16.9 Å². The Kier molecular flexibility index (Phi) is 3.69. The molecule has 0 aromatic carbocycles. The van der Waals surface area contributed by atoms with E-state index in [-0.39, 0.29) is 17.9 Å². The van der Waals surface area contributed by atoms with Crippen molar-refractivity contribution >= 4 is 11.9 Å². The zero-order chi connectivity index (χ0) is 14.0. The van der Waals surface area contributed by atoms with E-state index in [1.165, 1.54) is 6.07 Å². The number of H-pyrrole nitrogens is 1. The summed E-state index contributed by atoms with van der Waals surface area (Å²) in [6.07, 6.45) is 1.73. The van der Waals surface area contributed by atoms with Crippen LogP contribution in [-0.2, 0) is 4.79 Å². The molecule has 19 heavy (non-hydrogen) atoms. The molecule has 1 aromatic heterocycles. The van der Waals surface area contributed by atoms with Crippen molar-refractivity contribution in [1.29, 1.82) is 0 Å². The van der Waals surface area contributed by atoms with Gasteiger partial charge < -0.3 is 15.4 Å². The predicted octanol–water partition coefficient (Wildman–Crippen LogP) is 0.666. The number of amides is 1. The molecule has 1 fully saturated rings. The van der Waals surface area contributed by atoms with Crippen molar-refractivity contribution in [2.24, 2.45) is 5.92 Å². The van der Waals surface area contributed by atoms with Gasteiger partial charge in [0, 0.05) is 11.7 Å². The highest BCUT2D eigenvalue weighted by atomic mass is 16.4. The highest BCUT2D eigenvalue weighted by molar-refractivity contribution is 5.94. The quantitative estimate of drug-likeness (QED) is 0.727. The Labute approximate surface area is 109 Å². The lowest BCUT2D eigenvalue weighted by atomic mass is 10.1. The molecule has 1 amide bonds. The van der Waals surface area contributed by atoms with Crippen molar-refractivity contribution in [3.8, 4) is 0 Å². The maximum Gasteiger partial charge on any atom is 0.305 e. The van der Waals surface area contributed by atoms with E-state index in [9.17, 15) is 14.4 Å². The third-order valence-corrected chi connectivity index (χ3v) is 3.20. The number of hydrogen-bond donors (Lipinski definition) is 3. The molecule has 1 heterocycles. The monoisotopic (exact) mass is 264 g/mol. The summed E-state index contributed by atoms with van der Waals surface area (Å²) in [5.74, 6) is -1.25. The average Bonchev–Trinajstić information content (AvgIpc) is 3.10. The number of carbonyl (C=O) groups excluding carboxylic acids is 1. The fraction of sp³-hybridized carbons (Fsp3) is 0.462. The zero-order valence-electron chi connectivity index (χ0n) is 10.6. The molecule has 6 nitrogen and oxygen atoms in total. The lowest BCUT2D eigenvalue weighted by Crippen LogP contribution is -2.40. The molecule has 0 saturated heterocycles. The molecule has 1 aliphatic carbocycles. The molecule has 1 saturated carbocycles. The molecule has 0 aliphatic heterocycles. The molecule has 0 radical (unpaired) electrons. The number of carboxylic acid groups (broad SMARTS) is 1. The smallest absolute Gasteiger partial charge is 0.305 e. The van der Waals surface area contributed by atoms with Gasteiger partial charge in [0.25, 0.3) is 11.5 Å². The van der Waals surface area contributed by atoms with Gasteiger partial charge in [0.2, 0.25) is 0 Å². The normalized spacial score (nSPS) is 15.8. The topological polar surface area (TPSA) is 99.3 Å². The minimum atomic E-state index is -0.949. The highest BCUT2D eigenvalue weighted by Gasteiger charge is 2.34. The van der Waals surface area contributed by atoms with E-state index in [2.05, 4.69) is 10.3 Å². The third kappa shape index (κ3) is 3.43. The Morgan fingerprint density at radius 1 is 1.47 bits per heavy atom. The first-order valence-corrected chi connectivity index (χ1v) is 6.20. The van der Waals surface area contributed by atoms with Crippen LogP contribution in [0.3, 0.4) is 0 Å². The first kappa shape index (κ1) is 13.3. The largest absolute Gasteiger partial charge is 0.481 e. The van der Waals surface area contributed by atoms with E-state index in [0.29, 0.717) is 5.69 Å². The molecular formula is C13H16N2O4. The minimum absolute atomic E-state index is 0.0154. The number of aromatic nitrogens is 1. The fourth-order valence-electron chi connectivity index (χ4n) is 2.02. The highest BCUT2D eigenvalue weighted by Crippen LogP contribution is 2.34. The molecule has 1 atom stereocenters. The number of hydrogen-bond acceptors (Lipinski definition) is 3. The van der Waals surface area contributed by atoms with Crippen LogP contribution in [0.4, 0.5) is 0 Å². The van der Waals surface area contributed by atoms with Crippen molar-refractivity contribution in [3.63, 3.8) is 0 Å². The van der Waals surface area contributed by atoms with Gasteiger partial charge in [-0.05, 0) is 37.8 Å². The second-order valence-corrected chi connectivity index (χ2v) is 4.90. The standard InChI is InChI=1S/C13H16N2O4/c1-7-2-5-9(12(18)14-7)13(19)15-10(6-11(16)17)8-3-4-8/h2,5,8,10H,3-4,6H2,1H3,(H,14,18)(H,15,19)(H,16,17). The van der Waals surface area contributed by atoms with Crippen LogP contribution >= 0.6 is 0 Å². The number of rotatable bonds is 5.